The number of ether oxygens (including phenoxy) is 1. The highest BCUT2D eigenvalue weighted by Crippen LogP contribution is 2.22. The highest BCUT2D eigenvalue weighted by Gasteiger charge is 2.11. The predicted molar refractivity (Wildman–Crippen MR) is 80.5 cm³/mol. The highest BCUT2D eigenvalue weighted by atomic mass is 35.5. The lowest BCUT2D eigenvalue weighted by Crippen LogP contribution is -2.21. The van der Waals surface area contributed by atoms with Crippen LogP contribution in [0.3, 0.4) is 0 Å². The van der Waals surface area contributed by atoms with Crippen LogP contribution in [0, 0.1) is 5.82 Å². The number of benzene rings is 2. The summed E-state index contributed by atoms with van der Waals surface area (Å²) in [4.78, 5) is 23.0. The van der Waals surface area contributed by atoms with E-state index in [4.69, 9.17) is 22.1 Å². The van der Waals surface area contributed by atoms with Gasteiger partial charge in [-0.2, -0.15) is 0 Å². The summed E-state index contributed by atoms with van der Waals surface area (Å²) < 4.78 is 18.2. The summed E-state index contributed by atoms with van der Waals surface area (Å²) >= 11 is 5.80. The average Bonchev–Trinajstić information content (AvgIpc) is 2.48. The van der Waals surface area contributed by atoms with Crippen molar-refractivity contribution in [1.82, 2.24) is 0 Å². The number of para-hydroxylation sites is 1. The molecule has 2 aromatic rings. The fourth-order valence-corrected chi connectivity index (χ4v) is 1.93. The number of carbonyl (C=O) groups is 2. The number of anilines is 1. The fraction of sp³-hybridized carbons (Fsp3) is 0.0667. The van der Waals surface area contributed by atoms with Gasteiger partial charge in [0.05, 0.1) is 16.3 Å². The third kappa shape index (κ3) is 3.95. The first kappa shape index (κ1) is 15.8. The van der Waals surface area contributed by atoms with Gasteiger partial charge >= 0.3 is 0 Å². The molecule has 2 aromatic carbocycles. The lowest BCUT2D eigenvalue weighted by Gasteiger charge is -2.10. The zero-order valence-electron chi connectivity index (χ0n) is 11.3. The minimum Gasteiger partial charge on any atom is -0.483 e. The van der Waals surface area contributed by atoms with Crippen LogP contribution in [0.4, 0.5) is 10.1 Å². The van der Waals surface area contributed by atoms with Crippen LogP contribution in [0.5, 0.6) is 5.75 Å². The molecule has 22 heavy (non-hydrogen) atoms. The van der Waals surface area contributed by atoms with Crippen LogP contribution in [-0.4, -0.2) is 18.4 Å². The Bertz CT molecular complexity index is 722. The van der Waals surface area contributed by atoms with E-state index < -0.39 is 17.6 Å². The molecule has 2 amide bonds. The summed E-state index contributed by atoms with van der Waals surface area (Å²) in [5.74, 6) is -1.46. The van der Waals surface area contributed by atoms with Gasteiger partial charge in [-0.1, -0.05) is 23.7 Å². The Morgan fingerprint density at radius 1 is 1.23 bits per heavy atom. The third-order valence-corrected chi connectivity index (χ3v) is 3.03. The third-order valence-electron chi connectivity index (χ3n) is 2.72. The maximum atomic E-state index is 12.9. The number of nitrogens with one attached hydrogen (secondary N) is 1. The molecular weight excluding hydrogens is 311 g/mol. The van der Waals surface area contributed by atoms with Gasteiger partial charge in [-0.25, -0.2) is 4.39 Å². The van der Waals surface area contributed by atoms with Gasteiger partial charge in [0.2, 0.25) is 0 Å². The van der Waals surface area contributed by atoms with Crippen molar-refractivity contribution in [3.8, 4) is 5.75 Å². The van der Waals surface area contributed by atoms with Crippen LogP contribution in [0.25, 0.3) is 0 Å². The van der Waals surface area contributed by atoms with Crippen molar-refractivity contribution in [2.24, 2.45) is 5.73 Å². The lowest BCUT2D eigenvalue weighted by molar-refractivity contribution is -0.118. The molecule has 0 aromatic heterocycles. The molecule has 5 nitrogen and oxygen atoms in total. The van der Waals surface area contributed by atoms with Crippen LogP contribution < -0.4 is 15.8 Å². The number of rotatable bonds is 5. The van der Waals surface area contributed by atoms with Crippen molar-refractivity contribution < 1.29 is 18.7 Å². The first-order valence-electron chi connectivity index (χ1n) is 6.24. The summed E-state index contributed by atoms with van der Waals surface area (Å²) in [5, 5.41) is 2.55. The van der Waals surface area contributed by atoms with Gasteiger partial charge in [-0.3, -0.25) is 9.59 Å². The second kappa shape index (κ2) is 6.91. The minimum absolute atomic E-state index is 0.0749. The van der Waals surface area contributed by atoms with Crippen LogP contribution >= 0.6 is 11.6 Å². The first-order valence-corrected chi connectivity index (χ1v) is 6.61. The quantitative estimate of drug-likeness (QED) is 0.887. The Morgan fingerprint density at radius 3 is 2.64 bits per heavy atom. The second-order valence-corrected chi connectivity index (χ2v) is 4.73. The Kier molecular flexibility index (Phi) is 4.95. The Morgan fingerprint density at radius 2 is 1.95 bits per heavy atom. The number of primary amides is 1. The maximum absolute atomic E-state index is 12.9. The monoisotopic (exact) mass is 322 g/mol. The van der Waals surface area contributed by atoms with E-state index in [1.165, 1.54) is 24.3 Å². The SMILES string of the molecule is NC(=O)c1ccccc1OCC(=O)Nc1ccc(F)cc1Cl. The average molecular weight is 323 g/mol. The van der Waals surface area contributed by atoms with E-state index in [9.17, 15) is 14.0 Å². The molecule has 0 saturated heterocycles. The Hall–Kier alpha value is -2.60. The molecule has 0 fully saturated rings. The molecule has 0 spiro atoms. The highest BCUT2D eigenvalue weighted by molar-refractivity contribution is 6.33. The zero-order valence-corrected chi connectivity index (χ0v) is 12.1. The van der Waals surface area contributed by atoms with Crippen molar-refractivity contribution in [2.75, 3.05) is 11.9 Å². The molecule has 2 rings (SSSR count). The van der Waals surface area contributed by atoms with Gasteiger partial charge in [-0.15, -0.1) is 0 Å². The van der Waals surface area contributed by atoms with Crippen LogP contribution in [0.1, 0.15) is 10.4 Å². The summed E-state index contributed by atoms with van der Waals surface area (Å²) in [6.45, 7) is -0.349. The molecule has 0 atom stereocenters. The number of carbonyl (C=O) groups excluding carboxylic acids is 2. The molecule has 7 heteroatoms. The Balaban J connectivity index is 2.00. The number of hydrogen-bond donors (Lipinski definition) is 2. The summed E-state index contributed by atoms with van der Waals surface area (Å²) in [5.41, 5.74) is 5.65. The number of halogens is 2. The first-order chi connectivity index (χ1) is 10.5. The van der Waals surface area contributed by atoms with E-state index >= 15 is 0 Å². The summed E-state index contributed by atoms with van der Waals surface area (Å²) in [6.07, 6.45) is 0. The molecule has 0 radical (unpaired) electrons. The predicted octanol–water partition coefficient (Wildman–Crippen LogP) is 2.60. The summed E-state index contributed by atoms with van der Waals surface area (Å²) in [6, 6.07) is 9.89. The maximum Gasteiger partial charge on any atom is 0.262 e. The van der Waals surface area contributed by atoms with Crippen molar-refractivity contribution in [3.63, 3.8) is 0 Å². The van der Waals surface area contributed by atoms with Crippen LogP contribution in [0.2, 0.25) is 5.02 Å². The molecular formula is C15H12ClFN2O3. The molecule has 0 aliphatic rings. The van der Waals surface area contributed by atoms with Crippen LogP contribution in [0.15, 0.2) is 42.5 Å². The van der Waals surface area contributed by atoms with E-state index in [0.717, 1.165) is 6.07 Å². The van der Waals surface area contributed by atoms with Gasteiger partial charge in [0.25, 0.3) is 11.8 Å². The minimum atomic E-state index is -0.655. The van der Waals surface area contributed by atoms with Gasteiger partial charge in [0, 0.05) is 0 Å². The molecule has 0 heterocycles. The van der Waals surface area contributed by atoms with Gasteiger partial charge in [0.1, 0.15) is 11.6 Å². The van der Waals surface area contributed by atoms with Crippen molar-refractivity contribution >= 4 is 29.1 Å². The van der Waals surface area contributed by atoms with E-state index in [1.807, 2.05) is 0 Å². The molecule has 114 valence electrons. The zero-order chi connectivity index (χ0) is 16.1. The molecule has 0 saturated carbocycles. The number of amides is 2. The smallest absolute Gasteiger partial charge is 0.262 e. The molecule has 0 aliphatic heterocycles. The van der Waals surface area contributed by atoms with E-state index in [2.05, 4.69) is 5.32 Å². The second-order valence-electron chi connectivity index (χ2n) is 4.32. The molecule has 3 N–H and O–H groups in total. The van der Waals surface area contributed by atoms with Gasteiger partial charge < -0.3 is 15.8 Å². The molecule has 0 aliphatic carbocycles. The van der Waals surface area contributed by atoms with E-state index in [1.54, 1.807) is 12.1 Å². The largest absolute Gasteiger partial charge is 0.483 e. The van der Waals surface area contributed by atoms with Gasteiger partial charge in [-0.05, 0) is 30.3 Å². The number of nitrogens with two attached hydrogens (primary N) is 1. The topological polar surface area (TPSA) is 81.4 Å². The fourth-order valence-electron chi connectivity index (χ4n) is 1.72. The van der Waals surface area contributed by atoms with Crippen molar-refractivity contribution in [1.29, 1.82) is 0 Å². The van der Waals surface area contributed by atoms with E-state index in [0.29, 0.717) is 0 Å². The van der Waals surface area contributed by atoms with Crippen LogP contribution in [-0.2, 0) is 4.79 Å². The van der Waals surface area contributed by atoms with Gasteiger partial charge in [0.15, 0.2) is 6.61 Å². The van der Waals surface area contributed by atoms with E-state index in [-0.39, 0.29) is 28.6 Å². The van der Waals surface area contributed by atoms with Crippen molar-refractivity contribution in [3.05, 3.63) is 58.9 Å². The summed E-state index contributed by atoms with van der Waals surface area (Å²) in [7, 11) is 0. The Labute approximate surface area is 130 Å². The lowest BCUT2D eigenvalue weighted by atomic mass is 10.2. The van der Waals surface area contributed by atoms with Crippen molar-refractivity contribution in [2.45, 2.75) is 0 Å². The number of hydrogen-bond acceptors (Lipinski definition) is 3. The molecule has 0 unspecified atom stereocenters. The molecule has 0 bridgehead atoms. The standard InChI is InChI=1S/C15H12ClFN2O3/c16-11-7-9(17)5-6-12(11)19-14(20)8-22-13-4-2-1-3-10(13)15(18)21/h1-7H,8H2,(H2,18,21)(H,19,20). The normalized spacial score (nSPS) is 10.1.